The van der Waals surface area contributed by atoms with E-state index < -0.39 is 0 Å². The van der Waals surface area contributed by atoms with Crippen LogP contribution in [0.15, 0.2) is 72.1 Å². The molecule has 1 aliphatic heterocycles. The van der Waals surface area contributed by atoms with Crippen LogP contribution in [0.4, 0.5) is 0 Å². The van der Waals surface area contributed by atoms with Crippen molar-refractivity contribution in [2.75, 3.05) is 0 Å². The number of fused-ring (bicyclic) bond motifs is 1. The van der Waals surface area contributed by atoms with Crippen LogP contribution in [-0.2, 0) is 17.8 Å². The SMILES string of the molecule is C[C@@H](NC(=O)Cc1cc2c(cn1)C(NC(=O)c1ccncc1)=NC2)c1ccccc1. The molecule has 7 heteroatoms. The van der Waals surface area contributed by atoms with Gasteiger partial charge < -0.3 is 10.6 Å². The minimum absolute atomic E-state index is 0.0773. The van der Waals surface area contributed by atoms with E-state index in [1.165, 1.54) is 0 Å². The Hall–Kier alpha value is -3.87. The summed E-state index contributed by atoms with van der Waals surface area (Å²) in [5, 5.41) is 5.82. The highest BCUT2D eigenvalue weighted by Crippen LogP contribution is 2.19. The van der Waals surface area contributed by atoms with Gasteiger partial charge in [-0.2, -0.15) is 0 Å². The number of aliphatic imine (C=N–C) groups is 1. The topological polar surface area (TPSA) is 96.3 Å². The summed E-state index contributed by atoms with van der Waals surface area (Å²) >= 11 is 0. The Labute approximate surface area is 174 Å². The summed E-state index contributed by atoms with van der Waals surface area (Å²) in [6.45, 7) is 2.40. The number of pyridine rings is 2. The Morgan fingerprint density at radius 2 is 1.87 bits per heavy atom. The minimum atomic E-state index is -0.248. The van der Waals surface area contributed by atoms with Crippen LogP contribution in [0.25, 0.3) is 0 Å². The number of hydrogen-bond donors (Lipinski definition) is 2. The summed E-state index contributed by atoms with van der Waals surface area (Å²) in [6, 6.07) is 14.9. The van der Waals surface area contributed by atoms with Crippen LogP contribution < -0.4 is 10.6 Å². The largest absolute Gasteiger partial charge is 0.349 e. The first-order chi connectivity index (χ1) is 14.6. The van der Waals surface area contributed by atoms with Gasteiger partial charge in [-0.25, -0.2) is 0 Å². The predicted octanol–water partition coefficient (Wildman–Crippen LogP) is 2.59. The molecule has 0 fully saturated rings. The Balaban J connectivity index is 1.38. The first-order valence-corrected chi connectivity index (χ1v) is 9.68. The maximum absolute atomic E-state index is 12.4. The number of nitrogens with one attached hydrogen (secondary N) is 2. The highest BCUT2D eigenvalue weighted by atomic mass is 16.2. The zero-order valence-electron chi connectivity index (χ0n) is 16.5. The van der Waals surface area contributed by atoms with Crippen molar-refractivity contribution < 1.29 is 9.59 Å². The molecule has 0 saturated heterocycles. The van der Waals surface area contributed by atoms with E-state index in [-0.39, 0.29) is 24.3 Å². The molecule has 0 bridgehead atoms. The minimum Gasteiger partial charge on any atom is -0.349 e. The smallest absolute Gasteiger partial charge is 0.256 e. The fraction of sp³-hybridized carbons (Fsp3) is 0.174. The third-order valence-electron chi connectivity index (χ3n) is 4.90. The second kappa shape index (κ2) is 8.65. The Bertz CT molecular complexity index is 1100. The van der Waals surface area contributed by atoms with E-state index >= 15 is 0 Å². The number of aromatic nitrogens is 2. The molecule has 2 amide bonds. The van der Waals surface area contributed by atoms with E-state index in [2.05, 4.69) is 25.6 Å². The van der Waals surface area contributed by atoms with Gasteiger partial charge >= 0.3 is 0 Å². The van der Waals surface area contributed by atoms with Crippen LogP contribution in [0, 0.1) is 0 Å². The Morgan fingerprint density at radius 1 is 1.10 bits per heavy atom. The lowest BCUT2D eigenvalue weighted by atomic mass is 10.1. The lowest BCUT2D eigenvalue weighted by Gasteiger charge is -2.14. The van der Waals surface area contributed by atoms with Crippen LogP contribution in [0.1, 0.15) is 45.7 Å². The summed E-state index contributed by atoms with van der Waals surface area (Å²) in [5.74, 6) is 0.152. The first-order valence-electron chi connectivity index (χ1n) is 9.68. The third-order valence-corrected chi connectivity index (χ3v) is 4.90. The quantitative estimate of drug-likeness (QED) is 0.689. The molecule has 3 aromatic rings. The molecular formula is C23H21N5O2. The molecule has 150 valence electrons. The van der Waals surface area contributed by atoms with Crippen LogP contribution in [0.3, 0.4) is 0 Å². The van der Waals surface area contributed by atoms with E-state index in [4.69, 9.17) is 0 Å². The number of rotatable bonds is 5. The average Bonchev–Trinajstić information content (AvgIpc) is 3.16. The van der Waals surface area contributed by atoms with Gasteiger partial charge in [0.1, 0.15) is 5.84 Å². The van der Waals surface area contributed by atoms with E-state index in [0.717, 1.165) is 16.7 Å². The summed E-state index contributed by atoms with van der Waals surface area (Å²) in [5.41, 5.74) is 3.95. The Morgan fingerprint density at radius 3 is 2.63 bits per heavy atom. The molecular weight excluding hydrogens is 378 g/mol. The maximum Gasteiger partial charge on any atom is 0.256 e. The van der Waals surface area contributed by atoms with Crippen molar-refractivity contribution in [2.45, 2.75) is 25.9 Å². The van der Waals surface area contributed by atoms with E-state index in [1.54, 1.807) is 30.7 Å². The van der Waals surface area contributed by atoms with Crippen molar-refractivity contribution in [3.63, 3.8) is 0 Å². The summed E-state index contributed by atoms with van der Waals surface area (Å²) in [4.78, 5) is 37.5. The molecule has 30 heavy (non-hydrogen) atoms. The lowest BCUT2D eigenvalue weighted by molar-refractivity contribution is -0.121. The third kappa shape index (κ3) is 4.41. The average molecular weight is 399 g/mol. The zero-order chi connectivity index (χ0) is 20.9. The summed E-state index contributed by atoms with van der Waals surface area (Å²) < 4.78 is 0. The molecule has 0 radical (unpaired) electrons. The van der Waals surface area contributed by atoms with Gasteiger partial charge in [0.15, 0.2) is 0 Å². The fourth-order valence-electron chi connectivity index (χ4n) is 3.31. The monoisotopic (exact) mass is 399 g/mol. The van der Waals surface area contributed by atoms with Crippen LogP contribution >= 0.6 is 0 Å². The lowest BCUT2D eigenvalue weighted by Crippen LogP contribution is -2.30. The summed E-state index contributed by atoms with van der Waals surface area (Å²) in [6.07, 6.45) is 4.98. The standard InChI is InChI=1S/C23H21N5O2/c1-15(16-5-3-2-4-6-16)27-21(29)12-19-11-18-13-26-22(20(18)14-25-19)28-23(30)17-7-9-24-10-8-17/h2-11,14-15H,12-13H2,1H3,(H,27,29)(H,26,28,30)/t15-/m1/s1. The molecule has 1 aromatic carbocycles. The van der Waals surface area contributed by atoms with Gasteiger partial charge in [-0.3, -0.25) is 24.5 Å². The van der Waals surface area contributed by atoms with Crippen molar-refractivity contribution in [3.8, 4) is 0 Å². The fourth-order valence-corrected chi connectivity index (χ4v) is 3.31. The van der Waals surface area contributed by atoms with Gasteiger partial charge in [-0.05, 0) is 36.2 Å². The molecule has 0 unspecified atom stereocenters. The van der Waals surface area contributed by atoms with E-state index in [9.17, 15) is 9.59 Å². The van der Waals surface area contributed by atoms with E-state index in [1.807, 2.05) is 43.3 Å². The van der Waals surface area contributed by atoms with Crippen molar-refractivity contribution >= 4 is 17.6 Å². The molecule has 2 N–H and O–H groups in total. The molecule has 1 aliphatic rings. The van der Waals surface area contributed by atoms with Crippen LogP contribution in [-0.4, -0.2) is 27.6 Å². The molecule has 0 spiro atoms. The van der Waals surface area contributed by atoms with Crippen molar-refractivity contribution in [1.82, 2.24) is 20.6 Å². The number of amides is 2. The van der Waals surface area contributed by atoms with Crippen molar-refractivity contribution in [3.05, 3.63) is 95.1 Å². The number of carbonyl (C=O) groups is 2. The van der Waals surface area contributed by atoms with Crippen molar-refractivity contribution in [1.29, 1.82) is 0 Å². The highest BCUT2D eigenvalue weighted by molar-refractivity contribution is 6.14. The maximum atomic E-state index is 12.4. The van der Waals surface area contributed by atoms with Gasteiger partial charge in [0.05, 0.1) is 24.7 Å². The molecule has 0 saturated carbocycles. The van der Waals surface area contributed by atoms with Gasteiger partial charge in [-0.15, -0.1) is 0 Å². The number of amidine groups is 1. The molecule has 7 nitrogen and oxygen atoms in total. The van der Waals surface area contributed by atoms with E-state index in [0.29, 0.717) is 23.6 Å². The van der Waals surface area contributed by atoms with Gasteiger partial charge in [-0.1, -0.05) is 30.3 Å². The summed E-state index contributed by atoms with van der Waals surface area (Å²) in [7, 11) is 0. The number of benzene rings is 1. The second-order valence-corrected chi connectivity index (χ2v) is 7.06. The predicted molar refractivity (Wildman–Crippen MR) is 113 cm³/mol. The zero-order valence-corrected chi connectivity index (χ0v) is 16.5. The van der Waals surface area contributed by atoms with Crippen molar-refractivity contribution in [2.24, 2.45) is 4.99 Å². The Kier molecular flexibility index (Phi) is 5.61. The second-order valence-electron chi connectivity index (χ2n) is 7.06. The molecule has 4 rings (SSSR count). The molecule has 1 atom stereocenters. The van der Waals surface area contributed by atoms with Gasteiger partial charge in [0.2, 0.25) is 5.91 Å². The molecule has 2 aromatic heterocycles. The van der Waals surface area contributed by atoms with Gasteiger partial charge in [0, 0.05) is 29.7 Å². The number of hydrogen-bond acceptors (Lipinski definition) is 5. The van der Waals surface area contributed by atoms with Gasteiger partial charge in [0.25, 0.3) is 5.91 Å². The number of nitrogens with zero attached hydrogens (tertiary/aromatic N) is 3. The molecule has 3 heterocycles. The molecule has 0 aliphatic carbocycles. The normalized spacial score (nSPS) is 13.2. The number of carbonyl (C=O) groups excluding carboxylic acids is 2. The van der Waals surface area contributed by atoms with Crippen LogP contribution in [0.2, 0.25) is 0 Å². The first kappa shape index (κ1) is 19.4. The highest BCUT2D eigenvalue weighted by Gasteiger charge is 2.20. The van der Waals surface area contributed by atoms with Crippen LogP contribution in [0.5, 0.6) is 0 Å².